The Labute approximate surface area is 107 Å². The van der Waals surface area contributed by atoms with Crippen molar-refractivity contribution in [3.63, 3.8) is 0 Å². The van der Waals surface area contributed by atoms with Crippen LogP contribution in [0.4, 0.5) is 0 Å². The summed E-state index contributed by atoms with van der Waals surface area (Å²) in [6.07, 6.45) is 9.22. The van der Waals surface area contributed by atoms with Crippen molar-refractivity contribution in [2.75, 3.05) is 20.1 Å². The molecule has 0 radical (unpaired) electrons. The first kappa shape index (κ1) is 12.9. The van der Waals surface area contributed by atoms with Crippen LogP contribution in [-0.4, -0.2) is 42.0 Å². The molecule has 2 atom stereocenters. The van der Waals surface area contributed by atoms with Gasteiger partial charge in [-0.1, -0.05) is 18.2 Å². The largest absolute Gasteiger partial charge is 0.376 e. The van der Waals surface area contributed by atoms with E-state index in [2.05, 4.69) is 5.32 Å². The minimum absolute atomic E-state index is 0.0194. The summed E-state index contributed by atoms with van der Waals surface area (Å²) in [4.78, 5) is 13.1. The van der Waals surface area contributed by atoms with Crippen molar-refractivity contribution in [3.05, 3.63) is 36.1 Å². The van der Waals surface area contributed by atoms with Gasteiger partial charge < -0.3 is 21.7 Å². The Kier molecular flexibility index (Phi) is 3.04. The molecule has 0 aliphatic carbocycles. The molecule has 18 heavy (non-hydrogen) atoms. The number of allylic oxidation sites excluding steroid dienone is 2. The summed E-state index contributed by atoms with van der Waals surface area (Å²) in [6, 6.07) is 0. The van der Waals surface area contributed by atoms with E-state index in [1.54, 1.807) is 18.0 Å². The molecule has 0 aromatic rings. The van der Waals surface area contributed by atoms with Crippen LogP contribution in [0.5, 0.6) is 0 Å². The number of nitrogens with zero attached hydrogens (tertiary/aromatic N) is 1. The average Bonchev–Trinajstić information content (AvgIpc) is 2.34. The van der Waals surface area contributed by atoms with Crippen LogP contribution in [0.1, 0.15) is 6.92 Å². The fourth-order valence-electron chi connectivity index (χ4n) is 2.37. The second-order valence-electron chi connectivity index (χ2n) is 5.15. The first-order valence-corrected chi connectivity index (χ1v) is 6.00. The summed E-state index contributed by atoms with van der Waals surface area (Å²) in [7, 11) is 1.75. The molecule has 5 heteroatoms. The molecule has 1 amide bonds. The van der Waals surface area contributed by atoms with E-state index in [0.717, 1.165) is 5.70 Å². The smallest absolute Gasteiger partial charge is 0.246 e. The molecule has 2 aliphatic rings. The van der Waals surface area contributed by atoms with Gasteiger partial charge in [-0.15, -0.1) is 0 Å². The Hall–Kier alpha value is -1.59. The van der Waals surface area contributed by atoms with Crippen molar-refractivity contribution in [1.82, 2.24) is 10.2 Å². The second kappa shape index (κ2) is 4.26. The van der Waals surface area contributed by atoms with E-state index in [9.17, 15) is 4.79 Å². The van der Waals surface area contributed by atoms with Gasteiger partial charge in [0.25, 0.3) is 0 Å². The number of rotatable bonds is 2. The van der Waals surface area contributed by atoms with Gasteiger partial charge in [0.1, 0.15) is 0 Å². The molecule has 5 N–H and O–H groups in total. The maximum Gasteiger partial charge on any atom is 0.246 e. The van der Waals surface area contributed by atoms with Crippen LogP contribution in [0.15, 0.2) is 36.1 Å². The van der Waals surface area contributed by atoms with Crippen LogP contribution < -0.4 is 16.8 Å². The lowest BCUT2D eigenvalue weighted by molar-refractivity contribution is -0.126. The fraction of sp³-hybridized carbons (Fsp3) is 0.462. The van der Waals surface area contributed by atoms with E-state index in [4.69, 9.17) is 11.5 Å². The summed E-state index contributed by atoms with van der Waals surface area (Å²) in [5.41, 5.74) is 12.0. The number of nitrogens with one attached hydrogen (secondary N) is 1. The van der Waals surface area contributed by atoms with Gasteiger partial charge in [0.2, 0.25) is 5.91 Å². The molecule has 2 aliphatic heterocycles. The highest BCUT2D eigenvalue weighted by Crippen LogP contribution is 2.29. The highest BCUT2D eigenvalue weighted by Gasteiger charge is 2.45. The minimum Gasteiger partial charge on any atom is -0.376 e. The molecule has 0 aromatic heterocycles. The van der Waals surface area contributed by atoms with Gasteiger partial charge in [0.15, 0.2) is 0 Å². The van der Waals surface area contributed by atoms with Crippen LogP contribution in [0.3, 0.4) is 0 Å². The zero-order chi connectivity index (χ0) is 13.4. The molecule has 2 rings (SSSR count). The quantitative estimate of drug-likeness (QED) is 0.613. The lowest BCUT2D eigenvalue weighted by atomic mass is 9.75. The van der Waals surface area contributed by atoms with E-state index in [1.807, 2.05) is 25.2 Å². The highest BCUT2D eigenvalue weighted by atomic mass is 16.2. The number of hydrogen-bond acceptors (Lipinski definition) is 4. The first-order valence-electron chi connectivity index (χ1n) is 6.00. The van der Waals surface area contributed by atoms with Crippen LogP contribution in [0.25, 0.3) is 0 Å². The molecule has 98 valence electrons. The molecule has 0 spiro atoms. The van der Waals surface area contributed by atoms with Gasteiger partial charge in [0.05, 0.1) is 11.1 Å². The molecule has 2 heterocycles. The fourth-order valence-corrected chi connectivity index (χ4v) is 2.37. The zero-order valence-electron chi connectivity index (χ0n) is 10.8. The molecule has 0 bridgehead atoms. The summed E-state index contributed by atoms with van der Waals surface area (Å²) >= 11 is 0. The van der Waals surface area contributed by atoms with E-state index in [1.165, 1.54) is 6.08 Å². The van der Waals surface area contributed by atoms with E-state index < -0.39 is 11.1 Å². The average molecular weight is 248 g/mol. The Morgan fingerprint density at radius 2 is 2.22 bits per heavy atom. The molecule has 0 saturated carbocycles. The first-order chi connectivity index (χ1) is 8.40. The van der Waals surface area contributed by atoms with Gasteiger partial charge in [-0.05, 0) is 13.0 Å². The molecule has 2 unspecified atom stereocenters. The van der Waals surface area contributed by atoms with Crippen LogP contribution >= 0.6 is 0 Å². The van der Waals surface area contributed by atoms with Crippen LogP contribution in [0, 0.1) is 0 Å². The molecule has 0 fully saturated rings. The summed E-state index contributed by atoms with van der Waals surface area (Å²) in [5.74, 6) is -0.0194. The van der Waals surface area contributed by atoms with E-state index in [0.29, 0.717) is 13.1 Å². The third-order valence-electron chi connectivity index (χ3n) is 3.73. The van der Waals surface area contributed by atoms with E-state index in [-0.39, 0.29) is 5.91 Å². The summed E-state index contributed by atoms with van der Waals surface area (Å²) in [6.45, 7) is 2.92. The maximum atomic E-state index is 11.5. The Bertz CT molecular complexity index is 454. The molecular weight excluding hydrogens is 228 g/mol. The number of likely N-dealkylation sites (N-methyl/N-ethyl adjacent to an activating group) is 1. The van der Waals surface area contributed by atoms with Gasteiger partial charge in [-0.25, -0.2) is 0 Å². The topological polar surface area (TPSA) is 84.4 Å². The van der Waals surface area contributed by atoms with Crippen molar-refractivity contribution < 1.29 is 4.79 Å². The monoisotopic (exact) mass is 248 g/mol. The van der Waals surface area contributed by atoms with Gasteiger partial charge in [-0.3, -0.25) is 4.79 Å². The highest BCUT2D eigenvalue weighted by molar-refractivity contribution is 5.89. The number of amides is 1. The van der Waals surface area contributed by atoms with Crippen LogP contribution in [-0.2, 0) is 4.79 Å². The lowest BCUT2D eigenvalue weighted by Crippen LogP contribution is -2.70. The summed E-state index contributed by atoms with van der Waals surface area (Å²) in [5, 5.41) is 3.36. The van der Waals surface area contributed by atoms with Crippen molar-refractivity contribution in [3.8, 4) is 0 Å². The Balaban J connectivity index is 2.31. The van der Waals surface area contributed by atoms with Gasteiger partial charge in [-0.2, -0.15) is 0 Å². The predicted molar refractivity (Wildman–Crippen MR) is 71.5 cm³/mol. The SMILES string of the molecule is CN1CC(N)(C2(C)C=CC=C(CN)N2)C=CC1=O. The minimum atomic E-state index is -0.652. The Morgan fingerprint density at radius 3 is 2.83 bits per heavy atom. The molecule has 0 saturated heterocycles. The lowest BCUT2D eigenvalue weighted by Gasteiger charge is -2.48. The number of dihydropyridines is 1. The normalized spacial score (nSPS) is 35.4. The standard InChI is InChI=1S/C13H20N4O/c1-12(6-3-4-10(8-14)16-12)13(15)7-5-11(18)17(2)9-13/h3-7,16H,8-9,14-15H2,1-2H3. The second-order valence-corrected chi connectivity index (χ2v) is 5.15. The van der Waals surface area contributed by atoms with E-state index >= 15 is 0 Å². The van der Waals surface area contributed by atoms with Crippen molar-refractivity contribution in [2.24, 2.45) is 11.5 Å². The third kappa shape index (κ3) is 1.95. The molecule has 0 aromatic carbocycles. The molecule has 5 nitrogen and oxygen atoms in total. The molecular formula is C13H20N4O. The van der Waals surface area contributed by atoms with Gasteiger partial charge in [0, 0.05) is 31.9 Å². The predicted octanol–water partition coefficient (Wildman–Crippen LogP) is -0.527. The van der Waals surface area contributed by atoms with Crippen molar-refractivity contribution >= 4 is 5.91 Å². The number of nitrogens with two attached hydrogens (primary N) is 2. The van der Waals surface area contributed by atoms with Crippen LogP contribution in [0.2, 0.25) is 0 Å². The van der Waals surface area contributed by atoms with Crippen molar-refractivity contribution in [1.29, 1.82) is 0 Å². The maximum absolute atomic E-state index is 11.5. The number of carbonyl (C=O) groups is 1. The number of carbonyl (C=O) groups excluding carboxylic acids is 1. The zero-order valence-corrected chi connectivity index (χ0v) is 10.8. The van der Waals surface area contributed by atoms with Gasteiger partial charge >= 0.3 is 0 Å². The third-order valence-corrected chi connectivity index (χ3v) is 3.73. The summed E-state index contributed by atoms with van der Waals surface area (Å²) < 4.78 is 0. The Morgan fingerprint density at radius 1 is 1.50 bits per heavy atom. The van der Waals surface area contributed by atoms with Crippen molar-refractivity contribution in [2.45, 2.75) is 18.0 Å². The number of hydrogen-bond donors (Lipinski definition) is 3.